The second-order valence-electron chi connectivity index (χ2n) is 8.18. The smallest absolute Gasteiger partial charge is 0.254 e. The molecule has 2 heterocycles. The first kappa shape index (κ1) is 21.4. The Balaban J connectivity index is 1.30. The average molecular weight is 463 g/mol. The van der Waals surface area contributed by atoms with Gasteiger partial charge in [0, 0.05) is 22.4 Å². The fourth-order valence-electron chi connectivity index (χ4n) is 4.32. The van der Waals surface area contributed by atoms with Crippen molar-refractivity contribution >= 4 is 39.1 Å². The maximum absolute atomic E-state index is 13.6. The van der Waals surface area contributed by atoms with Gasteiger partial charge in [0.15, 0.2) is 0 Å². The van der Waals surface area contributed by atoms with Crippen LogP contribution in [-0.2, 0) is 30.5 Å². The molecule has 0 unspecified atom stereocenters. The maximum atomic E-state index is 13.6. The second kappa shape index (κ2) is 9.19. The molecule has 0 saturated heterocycles. The van der Waals surface area contributed by atoms with Crippen LogP contribution < -0.4 is 10.6 Å². The van der Waals surface area contributed by atoms with Gasteiger partial charge in [-0.1, -0.05) is 30.3 Å². The fraction of sp³-hybridized carbons (Fsp3) is 0.231. The molecule has 2 aromatic carbocycles. The van der Waals surface area contributed by atoms with Crippen molar-refractivity contribution in [2.75, 3.05) is 11.9 Å². The number of carbonyl (C=O) groups excluding carboxylic acids is 2. The SMILES string of the molecule is O=C(Cc1coc2ccc(F)cc12)Nc1sc2c(c1C(=O)NCCc1ccccc1)CCC2. The summed E-state index contributed by atoms with van der Waals surface area (Å²) in [6.45, 7) is 0.521. The molecule has 1 aliphatic rings. The monoisotopic (exact) mass is 462 g/mol. The van der Waals surface area contributed by atoms with Gasteiger partial charge in [-0.3, -0.25) is 9.59 Å². The van der Waals surface area contributed by atoms with E-state index in [1.807, 2.05) is 30.3 Å². The summed E-state index contributed by atoms with van der Waals surface area (Å²) >= 11 is 1.48. The molecule has 1 aliphatic carbocycles. The molecule has 4 aromatic rings. The van der Waals surface area contributed by atoms with Crippen LogP contribution in [0.1, 0.15) is 38.3 Å². The van der Waals surface area contributed by atoms with Gasteiger partial charge in [-0.05, 0) is 55.0 Å². The zero-order valence-corrected chi connectivity index (χ0v) is 18.8. The van der Waals surface area contributed by atoms with E-state index < -0.39 is 0 Å². The Labute approximate surface area is 194 Å². The quantitative estimate of drug-likeness (QED) is 0.393. The van der Waals surface area contributed by atoms with E-state index in [0.29, 0.717) is 33.6 Å². The van der Waals surface area contributed by atoms with Crippen LogP contribution in [0.4, 0.5) is 9.39 Å². The number of carbonyl (C=O) groups is 2. The van der Waals surface area contributed by atoms with Crippen molar-refractivity contribution in [3.63, 3.8) is 0 Å². The van der Waals surface area contributed by atoms with Crippen LogP contribution in [0.25, 0.3) is 11.0 Å². The number of halogens is 1. The van der Waals surface area contributed by atoms with Crippen molar-refractivity contribution in [3.8, 4) is 0 Å². The van der Waals surface area contributed by atoms with E-state index in [4.69, 9.17) is 4.42 Å². The summed E-state index contributed by atoms with van der Waals surface area (Å²) in [5.74, 6) is -0.800. The van der Waals surface area contributed by atoms with Crippen LogP contribution in [0.2, 0.25) is 0 Å². The lowest BCUT2D eigenvalue weighted by molar-refractivity contribution is -0.115. The summed E-state index contributed by atoms with van der Waals surface area (Å²) in [5, 5.41) is 7.11. The summed E-state index contributed by atoms with van der Waals surface area (Å²) in [4.78, 5) is 27.1. The molecule has 0 bridgehead atoms. The first-order chi connectivity index (χ1) is 16.1. The van der Waals surface area contributed by atoms with Crippen molar-refractivity contribution in [2.45, 2.75) is 32.1 Å². The number of anilines is 1. The molecule has 33 heavy (non-hydrogen) atoms. The Bertz CT molecular complexity index is 1330. The molecular formula is C26H23FN2O3S. The molecule has 0 aliphatic heterocycles. The molecule has 0 saturated carbocycles. The molecule has 7 heteroatoms. The highest BCUT2D eigenvalue weighted by Crippen LogP contribution is 2.39. The summed E-state index contributed by atoms with van der Waals surface area (Å²) in [6, 6.07) is 14.2. The largest absolute Gasteiger partial charge is 0.464 e. The lowest BCUT2D eigenvalue weighted by atomic mass is 10.1. The molecule has 5 rings (SSSR count). The minimum atomic E-state index is -0.380. The molecule has 0 spiro atoms. The third kappa shape index (κ3) is 4.54. The Morgan fingerprint density at radius 2 is 1.94 bits per heavy atom. The van der Waals surface area contributed by atoms with Gasteiger partial charge in [0.2, 0.25) is 5.91 Å². The molecule has 2 amide bonds. The highest BCUT2D eigenvalue weighted by molar-refractivity contribution is 7.17. The van der Waals surface area contributed by atoms with Crippen molar-refractivity contribution in [1.29, 1.82) is 0 Å². The lowest BCUT2D eigenvalue weighted by Crippen LogP contribution is -2.27. The predicted octanol–water partition coefficient (Wildman–Crippen LogP) is 5.28. The van der Waals surface area contributed by atoms with Crippen LogP contribution >= 0.6 is 11.3 Å². The van der Waals surface area contributed by atoms with Crippen molar-refractivity contribution in [1.82, 2.24) is 5.32 Å². The molecule has 2 N–H and O–H groups in total. The summed E-state index contributed by atoms with van der Waals surface area (Å²) in [7, 11) is 0. The third-order valence-corrected chi connectivity index (χ3v) is 7.12. The standard InChI is InChI=1S/C26H23FN2O3S/c27-18-9-10-21-20(14-18)17(15-32-21)13-23(30)29-26-24(19-7-4-8-22(19)33-26)25(31)28-12-11-16-5-2-1-3-6-16/h1-3,5-6,9-10,14-15H,4,7-8,11-13H2,(H,28,31)(H,29,30). The van der Waals surface area contributed by atoms with E-state index in [2.05, 4.69) is 10.6 Å². The predicted molar refractivity (Wildman–Crippen MR) is 127 cm³/mol. The first-order valence-electron chi connectivity index (χ1n) is 11.0. The zero-order valence-electron chi connectivity index (χ0n) is 17.9. The maximum Gasteiger partial charge on any atom is 0.254 e. The second-order valence-corrected chi connectivity index (χ2v) is 9.28. The topological polar surface area (TPSA) is 71.3 Å². The molecule has 2 aromatic heterocycles. The number of nitrogens with one attached hydrogen (secondary N) is 2. The Hall–Kier alpha value is -3.45. The van der Waals surface area contributed by atoms with Crippen LogP contribution in [-0.4, -0.2) is 18.4 Å². The van der Waals surface area contributed by atoms with Crippen LogP contribution in [0.5, 0.6) is 0 Å². The average Bonchev–Trinajstić information content (AvgIpc) is 3.49. The Kier molecular flexibility index (Phi) is 5.96. The van der Waals surface area contributed by atoms with E-state index in [-0.39, 0.29) is 24.1 Å². The zero-order chi connectivity index (χ0) is 22.8. The van der Waals surface area contributed by atoms with E-state index in [9.17, 15) is 14.0 Å². The van der Waals surface area contributed by atoms with Gasteiger partial charge in [-0.2, -0.15) is 0 Å². The highest BCUT2D eigenvalue weighted by Gasteiger charge is 2.27. The van der Waals surface area contributed by atoms with Crippen molar-refractivity contribution in [3.05, 3.63) is 87.7 Å². The molecule has 168 valence electrons. The van der Waals surface area contributed by atoms with Crippen LogP contribution in [0.3, 0.4) is 0 Å². The van der Waals surface area contributed by atoms with E-state index in [1.165, 1.54) is 29.7 Å². The number of thiophene rings is 1. The Morgan fingerprint density at radius 3 is 2.79 bits per heavy atom. The van der Waals surface area contributed by atoms with Crippen molar-refractivity contribution in [2.24, 2.45) is 0 Å². The van der Waals surface area contributed by atoms with Gasteiger partial charge in [-0.25, -0.2) is 4.39 Å². The van der Waals surface area contributed by atoms with Gasteiger partial charge >= 0.3 is 0 Å². The number of hydrogen-bond donors (Lipinski definition) is 2. The minimum absolute atomic E-state index is 0.0358. The molecular weight excluding hydrogens is 439 g/mol. The van der Waals surface area contributed by atoms with E-state index in [1.54, 1.807) is 6.07 Å². The highest BCUT2D eigenvalue weighted by atomic mass is 32.1. The van der Waals surface area contributed by atoms with Crippen LogP contribution in [0.15, 0.2) is 59.2 Å². The normalized spacial score (nSPS) is 12.6. The lowest BCUT2D eigenvalue weighted by Gasteiger charge is -2.10. The number of aryl methyl sites for hydroxylation is 1. The van der Waals surface area contributed by atoms with Gasteiger partial charge in [0.1, 0.15) is 16.4 Å². The van der Waals surface area contributed by atoms with Gasteiger partial charge in [0.05, 0.1) is 18.2 Å². The Morgan fingerprint density at radius 1 is 1.09 bits per heavy atom. The number of benzene rings is 2. The van der Waals surface area contributed by atoms with Crippen molar-refractivity contribution < 1.29 is 18.4 Å². The number of hydrogen-bond acceptors (Lipinski definition) is 4. The first-order valence-corrected chi connectivity index (χ1v) is 11.8. The summed E-state index contributed by atoms with van der Waals surface area (Å²) < 4.78 is 19.1. The minimum Gasteiger partial charge on any atom is -0.464 e. The number of fused-ring (bicyclic) bond motifs is 2. The molecule has 0 radical (unpaired) electrons. The van der Waals surface area contributed by atoms with E-state index >= 15 is 0 Å². The fourth-order valence-corrected chi connectivity index (χ4v) is 5.62. The van der Waals surface area contributed by atoms with Gasteiger partial charge in [0.25, 0.3) is 5.91 Å². The number of furan rings is 1. The van der Waals surface area contributed by atoms with Gasteiger partial charge in [-0.15, -0.1) is 11.3 Å². The number of rotatable bonds is 7. The molecule has 0 atom stereocenters. The van der Waals surface area contributed by atoms with E-state index in [0.717, 1.165) is 41.7 Å². The summed E-state index contributed by atoms with van der Waals surface area (Å²) in [6.07, 6.45) is 5.04. The summed E-state index contributed by atoms with van der Waals surface area (Å²) in [5.41, 5.74) is 3.93. The van der Waals surface area contributed by atoms with Gasteiger partial charge < -0.3 is 15.1 Å². The molecule has 5 nitrogen and oxygen atoms in total. The van der Waals surface area contributed by atoms with Crippen LogP contribution in [0, 0.1) is 5.82 Å². The molecule has 0 fully saturated rings. The third-order valence-electron chi connectivity index (χ3n) is 5.91. The number of amides is 2.